The number of nitrogens with one attached hydrogen (secondary N) is 1. The van der Waals surface area contributed by atoms with Crippen LogP contribution in [0.3, 0.4) is 0 Å². The van der Waals surface area contributed by atoms with Gasteiger partial charge in [-0.2, -0.15) is 0 Å². The first-order chi connectivity index (χ1) is 9.96. The molecule has 0 bridgehead atoms. The van der Waals surface area contributed by atoms with E-state index in [2.05, 4.69) is 10.2 Å². The molecule has 2 saturated heterocycles. The first kappa shape index (κ1) is 14.9. The van der Waals surface area contributed by atoms with Crippen molar-refractivity contribution in [1.82, 2.24) is 10.2 Å². The molecule has 2 aliphatic rings. The molecule has 2 nitrogen and oxygen atoms in total. The number of hydrogen-bond donors (Lipinski definition) is 1. The van der Waals surface area contributed by atoms with Crippen molar-refractivity contribution in [2.24, 2.45) is 0 Å². The lowest BCUT2D eigenvalue weighted by molar-refractivity contribution is 0.0101. The molecule has 0 aromatic heterocycles. The van der Waals surface area contributed by atoms with Gasteiger partial charge in [0.1, 0.15) is 5.82 Å². The molecule has 1 spiro atoms. The Hall–Kier alpha value is -1.07. The molecule has 2 heterocycles. The van der Waals surface area contributed by atoms with Crippen molar-refractivity contribution in [2.45, 2.75) is 37.1 Å². The summed E-state index contributed by atoms with van der Waals surface area (Å²) in [6.07, 6.45) is 2.42. The molecule has 116 valence electrons. The Balaban J connectivity index is 1.47. The summed E-state index contributed by atoms with van der Waals surface area (Å²) in [4.78, 5) is 2.31. The van der Waals surface area contributed by atoms with Gasteiger partial charge < -0.3 is 10.2 Å². The molecule has 1 N–H and O–H groups in total. The molecule has 1 aromatic rings. The number of likely N-dealkylation sites (tertiary alicyclic amines) is 1. The first-order valence-electron chi connectivity index (χ1n) is 7.56. The lowest BCUT2D eigenvalue weighted by Gasteiger charge is -2.39. The minimum absolute atomic E-state index is 0.0220. The molecule has 2 aliphatic heterocycles. The number of benzene rings is 1. The van der Waals surface area contributed by atoms with Gasteiger partial charge in [-0.1, -0.05) is 12.1 Å². The molecule has 0 unspecified atom stereocenters. The van der Waals surface area contributed by atoms with Crippen molar-refractivity contribution in [1.29, 1.82) is 0 Å². The average Bonchev–Trinajstić information content (AvgIpc) is 2.75. The van der Waals surface area contributed by atoms with Crippen LogP contribution in [0.2, 0.25) is 0 Å². The van der Waals surface area contributed by atoms with Gasteiger partial charge in [0.2, 0.25) is 0 Å². The second kappa shape index (κ2) is 5.61. The van der Waals surface area contributed by atoms with E-state index in [0.717, 1.165) is 44.5 Å². The fourth-order valence-corrected chi connectivity index (χ4v) is 3.43. The summed E-state index contributed by atoms with van der Waals surface area (Å²) in [5, 5.41) is 3.04. The third-order valence-corrected chi connectivity index (χ3v) is 4.76. The van der Waals surface area contributed by atoms with Gasteiger partial charge in [-0.05, 0) is 50.0 Å². The molecular weight excluding hydrogens is 277 g/mol. The van der Waals surface area contributed by atoms with Crippen LogP contribution in [0.5, 0.6) is 0 Å². The van der Waals surface area contributed by atoms with Crippen LogP contribution in [-0.2, 0) is 6.42 Å². The van der Waals surface area contributed by atoms with Gasteiger partial charge in [-0.25, -0.2) is 13.2 Å². The fraction of sp³-hybridized carbons (Fsp3) is 0.625. The van der Waals surface area contributed by atoms with Gasteiger partial charge in [0.25, 0.3) is 5.92 Å². The van der Waals surface area contributed by atoms with Crippen LogP contribution in [0, 0.1) is 5.82 Å². The summed E-state index contributed by atoms with van der Waals surface area (Å²) >= 11 is 0. The fourth-order valence-electron chi connectivity index (χ4n) is 3.43. The summed E-state index contributed by atoms with van der Waals surface area (Å²) < 4.78 is 39.6. The van der Waals surface area contributed by atoms with Gasteiger partial charge in [0, 0.05) is 18.5 Å². The smallest absolute Gasteiger partial charge is 0.262 e. The van der Waals surface area contributed by atoms with Crippen molar-refractivity contribution < 1.29 is 13.2 Å². The van der Waals surface area contributed by atoms with Crippen molar-refractivity contribution in [3.8, 4) is 0 Å². The van der Waals surface area contributed by atoms with Gasteiger partial charge in [-0.15, -0.1) is 0 Å². The highest BCUT2D eigenvalue weighted by Gasteiger charge is 2.49. The second-order valence-electron chi connectivity index (χ2n) is 6.38. The predicted octanol–water partition coefficient (Wildman–Crippen LogP) is 2.83. The van der Waals surface area contributed by atoms with Crippen LogP contribution in [0.15, 0.2) is 24.3 Å². The van der Waals surface area contributed by atoms with Crippen molar-refractivity contribution in [2.75, 3.05) is 26.2 Å². The maximum Gasteiger partial charge on any atom is 0.262 e. The molecule has 0 saturated carbocycles. The zero-order chi connectivity index (χ0) is 14.9. The van der Waals surface area contributed by atoms with Crippen molar-refractivity contribution in [3.63, 3.8) is 0 Å². The van der Waals surface area contributed by atoms with E-state index in [1.165, 1.54) is 12.1 Å². The minimum Gasteiger partial charge on any atom is -0.305 e. The highest BCUT2D eigenvalue weighted by atomic mass is 19.3. The topological polar surface area (TPSA) is 15.3 Å². The quantitative estimate of drug-likeness (QED) is 0.923. The van der Waals surface area contributed by atoms with E-state index >= 15 is 0 Å². The van der Waals surface area contributed by atoms with Gasteiger partial charge in [0.05, 0.1) is 6.54 Å². The molecular formula is C16H21F3N2. The molecule has 2 fully saturated rings. The maximum absolute atomic E-state index is 13.4. The first-order valence-corrected chi connectivity index (χ1v) is 7.56. The molecule has 0 aliphatic carbocycles. The lowest BCUT2D eigenvalue weighted by atomic mass is 9.85. The van der Waals surface area contributed by atoms with E-state index in [-0.39, 0.29) is 24.3 Å². The molecule has 0 atom stereocenters. The van der Waals surface area contributed by atoms with E-state index in [0.29, 0.717) is 0 Å². The van der Waals surface area contributed by atoms with Gasteiger partial charge in [-0.3, -0.25) is 0 Å². The largest absolute Gasteiger partial charge is 0.305 e. The highest BCUT2D eigenvalue weighted by molar-refractivity contribution is 5.16. The van der Waals surface area contributed by atoms with Crippen LogP contribution in [0.4, 0.5) is 13.2 Å². The van der Waals surface area contributed by atoms with E-state index in [4.69, 9.17) is 0 Å². The summed E-state index contributed by atoms with van der Waals surface area (Å²) in [7, 11) is 0. The Labute approximate surface area is 123 Å². The average molecular weight is 298 g/mol. The third-order valence-electron chi connectivity index (χ3n) is 4.76. The van der Waals surface area contributed by atoms with Crippen molar-refractivity contribution in [3.05, 3.63) is 35.6 Å². The Kier molecular flexibility index (Phi) is 3.97. The number of alkyl halides is 2. The Morgan fingerprint density at radius 1 is 1.10 bits per heavy atom. The van der Waals surface area contributed by atoms with Crippen LogP contribution < -0.4 is 5.32 Å². The standard InChI is InChI=1S/C16H21F3N2/c17-14-3-1-13(2-4-14)5-8-21-9-6-15(7-10-21)11-16(18,19)12-20-15/h1-4,20H,5-12H2. The maximum atomic E-state index is 13.4. The minimum atomic E-state index is -2.55. The molecule has 1 aromatic carbocycles. The molecule has 21 heavy (non-hydrogen) atoms. The van der Waals surface area contributed by atoms with Crippen LogP contribution in [-0.4, -0.2) is 42.5 Å². The third kappa shape index (κ3) is 3.58. The lowest BCUT2D eigenvalue weighted by Crippen LogP contribution is -2.50. The Morgan fingerprint density at radius 3 is 2.33 bits per heavy atom. The summed E-state index contributed by atoms with van der Waals surface area (Å²) in [5.41, 5.74) is 0.762. The van der Waals surface area contributed by atoms with Gasteiger partial charge in [0.15, 0.2) is 0 Å². The predicted molar refractivity (Wildman–Crippen MR) is 76.1 cm³/mol. The monoisotopic (exact) mass is 298 g/mol. The molecule has 5 heteroatoms. The van der Waals surface area contributed by atoms with E-state index in [1.807, 2.05) is 0 Å². The number of halogens is 3. The Bertz CT molecular complexity index is 479. The Morgan fingerprint density at radius 2 is 1.76 bits per heavy atom. The van der Waals surface area contributed by atoms with Crippen LogP contribution in [0.1, 0.15) is 24.8 Å². The van der Waals surface area contributed by atoms with E-state index < -0.39 is 5.92 Å². The number of hydrogen-bond acceptors (Lipinski definition) is 2. The van der Waals surface area contributed by atoms with Gasteiger partial charge >= 0.3 is 0 Å². The molecule has 0 radical (unpaired) electrons. The van der Waals surface area contributed by atoms with Crippen molar-refractivity contribution >= 4 is 0 Å². The van der Waals surface area contributed by atoms with Crippen LogP contribution >= 0.6 is 0 Å². The number of nitrogens with zero attached hydrogens (tertiary/aromatic N) is 1. The molecule has 3 rings (SSSR count). The van der Waals surface area contributed by atoms with E-state index in [9.17, 15) is 13.2 Å². The number of rotatable bonds is 3. The SMILES string of the molecule is Fc1ccc(CCN2CCC3(CC2)CC(F)(F)CN3)cc1. The molecule has 0 amide bonds. The zero-order valence-corrected chi connectivity index (χ0v) is 12.0. The second-order valence-corrected chi connectivity index (χ2v) is 6.38. The number of piperidine rings is 1. The zero-order valence-electron chi connectivity index (χ0n) is 12.0. The summed E-state index contributed by atoms with van der Waals surface area (Å²) in [6.45, 7) is 2.43. The normalized spacial score (nSPS) is 24.5. The van der Waals surface area contributed by atoms with E-state index in [1.54, 1.807) is 12.1 Å². The highest BCUT2D eigenvalue weighted by Crippen LogP contribution is 2.38. The summed E-state index contributed by atoms with van der Waals surface area (Å²) in [5.74, 6) is -2.76. The summed E-state index contributed by atoms with van der Waals surface area (Å²) in [6, 6.07) is 6.57. The van der Waals surface area contributed by atoms with Crippen LogP contribution in [0.25, 0.3) is 0 Å².